The van der Waals surface area contributed by atoms with E-state index in [1.165, 1.54) is 28.0 Å². The van der Waals surface area contributed by atoms with E-state index in [0.717, 1.165) is 22.3 Å². The topological polar surface area (TPSA) is 92.6 Å². The minimum atomic E-state index is -0.900. The minimum Gasteiger partial charge on any atom is -0.507 e. The molecule has 0 bridgehead atoms. The van der Waals surface area contributed by atoms with Gasteiger partial charge in [-0.1, -0.05) is 121 Å². The molecule has 1 amide bonds. The zero-order valence-corrected chi connectivity index (χ0v) is 28.4. The summed E-state index contributed by atoms with van der Waals surface area (Å²) in [5.74, 6) is -0.366. The zero-order chi connectivity index (χ0) is 33.1. The number of Topliss-reactive ketones (excluding diaryl/α,β-unsaturated/α-hetero) is 1. The van der Waals surface area contributed by atoms with Crippen LogP contribution in [0.15, 0.2) is 107 Å². The minimum absolute atomic E-state index is 0.0128. The summed E-state index contributed by atoms with van der Waals surface area (Å²) in [7, 11) is 0. The van der Waals surface area contributed by atoms with Crippen molar-refractivity contribution in [1.82, 2.24) is 10.2 Å². The van der Waals surface area contributed by atoms with E-state index in [1.807, 2.05) is 73.7 Å². The standard InChI is InChI=1S/C37H32ClN3O4S2/c1-22(2)25-11-13-26(14-12-25)32-31(33(42)27-15-17-29(18-16-27)45-20-24-8-6-7-23(3)19-24)34(43)35(44)41(32)36-39-40-37(47-36)46-21-28-9-4-5-10-30(28)38/h4-19,22,32,42H,20-21H2,1-3H3. The molecule has 1 aliphatic heterocycles. The van der Waals surface area contributed by atoms with Crippen LogP contribution in [0.4, 0.5) is 5.13 Å². The van der Waals surface area contributed by atoms with Gasteiger partial charge in [-0.2, -0.15) is 0 Å². The number of benzene rings is 4. The summed E-state index contributed by atoms with van der Waals surface area (Å²) in [6.07, 6.45) is 0. The summed E-state index contributed by atoms with van der Waals surface area (Å²) < 4.78 is 6.57. The number of aliphatic hydroxyl groups is 1. The highest BCUT2D eigenvalue weighted by Gasteiger charge is 2.48. The lowest BCUT2D eigenvalue weighted by atomic mass is 9.93. The molecule has 1 atom stereocenters. The molecule has 1 fully saturated rings. The number of carbonyl (C=O) groups excluding carboxylic acids is 2. The second-order valence-corrected chi connectivity index (χ2v) is 14.1. The van der Waals surface area contributed by atoms with E-state index in [-0.39, 0.29) is 16.5 Å². The van der Waals surface area contributed by atoms with Crippen molar-refractivity contribution in [2.75, 3.05) is 4.90 Å². The van der Waals surface area contributed by atoms with Crippen LogP contribution in [0.5, 0.6) is 5.75 Å². The van der Waals surface area contributed by atoms with E-state index in [2.05, 4.69) is 30.1 Å². The number of hydrogen-bond acceptors (Lipinski definition) is 8. The fourth-order valence-corrected chi connectivity index (χ4v) is 7.51. The van der Waals surface area contributed by atoms with E-state index in [1.54, 1.807) is 24.3 Å². The largest absolute Gasteiger partial charge is 0.507 e. The summed E-state index contributed by atoms with van der Waals surface area (Å²) in [5.41, 5.74) is 5.31. The van der Waals surface area contributed by atoms with E-state index < -0.39 is 17.7 Å². The maximum atomic E-state index is 13.7. The monoisotopic (exact) mass is 681 g/mol. The molecule has 5 aromatic rings. The van der Waals surface area contributed by atoms with Crippen LogP contribution in [0.25, 0.3) is 5.76 Å². The molecule has 1 N–H and O–H groups in total. The number of halogens is 1. The zero-order valence-electron chi connectivity index (χ0n) is 26.0. The Labute approximate surface area is 286 Å². The third-order valence-electron chi connectivity index (χ3n) is 7.89. The molecule has 1 aliphatic rings. The van der Waals surface area contributed by atoms with Crippen molar-refractivity contribution >= 4 is 57.3 Å². The Kier molecular flexibility index (Phi) is 9.77. The average Bonchev–Trinajstić information content (AvgIpc) is 3.65. The van der Waals surface area contributed by atoms with Crippen LogP contribution < -0.4 is 9.64 Å². The number of anilines is 1. The number of rotatable bonds is 10. The lowest BCUT2D eigenvalue weighted by Gasteiger charge is -2.23. The number of amides is 1. The van der Waals surface area contributed by atoms with Crippen molar-refractivity contribution in [2.45, 2.75) is 49.4 Å². The number of hydrogen-bond donors (Lipinski definition) is 1. The summed E-state index contributed by atoms with van der Waals surface area (Å²) in [6, 6.07) is 29.3. The summed E-state index contributed by atoms with van der Waals surface area (Å²) in [6.45, 7) is 6.61. The van der Waals surface area contributed by atoms with Gasteiger partial charge in [-0.15, -0.1) is 10.2 Å². The highest BCUT2D eigenvalue weighted by molar-refractivity contribution is 8.00. The normalized spacial score (nSPS) is 15.9. The van der Waals surface area contributed by atoms with Gasteiger partial charge in [0.1, 0.15) is 18.1 Å². The summed E-state index contributed by atoms with van der Waals surface area (Å²) >= 11 is 8.99. The molecule has 0 spiro atoms. The van der Waals surface area contributed by atoms with Crippen molar-refractivity contribution in [3.8, 4) is 5.75 Å². The van der Waals surface area contributed by atoms with E-state index in [4.69, 9.17) is 16.3 Å². The van der Waals surface area contributed by atoms with Crippen LogP contribution in [-0.4, -0.2) is 27.0 Å². The van der Waals surface area contributed by atoms with Crippen LogP contribution >= 0.6 is 34.7 Å². The van der Waals surface area contributed by atoms with E-state index >= 15 is 0 Å². The molecule has 0 radical (unpaired) electrons. The molecule has 1 saturated heterocycles. The lowest BCUT2D eigenvalue weighted by Crippen LogP contribution is -2.29. The van der Waals surface area contributed by atoms with Crippen LogP contribution in [-0.2, 0) is 21.9 Å². The third kappa shape index (κ3) is 7.12. The second-order valence-electron chi connectivity index (χ2n) is 11.5. The summed E-state index contributed by atoms with van der Waals surface area (Å²) in [5, 5.41) is 21.2. The number of aryl methyl sites for hydroxylation is 1. The van der Waals surface area contributed by atoms with Gasteiger partial charge < -0.3 is 9.84 Å². The van der Waals surface area contributed by atoms with Gasteiger partial charge in [-0.3, -0.25) is 14.5 Å². The highest BCUT2D eigenvalue weighted by Crippen LogP contribution is 2.44. The molecular formula is C37H32ClN3O4S2. The number of aliphatic hydroxyl groups excluding tert-OH is 1. The van der Waals surface area contributed by atoms with E-state index in [0.29, 0.717) is 44.5 Å². The van der Waals surface area contributed by atoms with Crippen molar-refractivity contribution < 1.29 is 19.4 Å². The van der Waals surface area contributed by atoms with Crippen molar-refractivity contribution in [3.05, 3.63) is 141 Å². The molecule has 4 aromatic carbocycles. The van der Waals surface area contributed by atoms with Crippen LogP contribution in [0.2, 0.25) is 5.02 Å². The maximum absolute atomic E-state index is 13.7. The Morgan fingerprint density at radius 2 is 1.72 bits per heavy atom. The Morgan fingerprint density at radius 3 is 2.43 bits per heavy atom. The van der Waals surface area contributed by atoms with Crippen LogP contribution in [0, 0.1) is 6.92 Å². The first kappa shape index (κ1) is 32.5. The van der Waals surface area contributed by atoms with Gasteiger partial charge >= 0.3 is 5.91 Å². The van der Waals surface area contributed by atoms with Gasteiger partial charge in [0.2, 0.25) is 5.13 Å². The first-order chi connectivity index (χ1) is 22.7. The van der Waals surface area contributed by atoms with Gasteiger partial charge in [0.25, 0.3) is 5.78 Å². The summed E-state index contributed by atoms with van der Waals surface area (Å²) in [4.78, 5) is 28.7. The molecule has 1 unspecified atom stereocenters. The third-order valence-corrected chi connectivity index (χ3v) is 10.4. The Balaban J connectivity index is 1.31. The lowest BCUT2D eigenvalue weighted by molar-refractivity contribution is -0.132. The van der Waals surface area contributed by atoms with Gasteiger partial charge in [0, 0.05) is 16.3 Å². The fourth-order valence-electron chi connectivity index (χ4n) is 5.35. The molecule has 0 aliphatic carbocycles. The van der Waals surface area contributed by atoms with Crippen LogP contribution in [0.1, 0.15) is 59.2 Å². The predicted molar refractivity (Wildman–Crippen MR) is 188 cm³/mol. The predicted octanol–water partition coefficient (Wildman–Crippen LogP) is 9.12. The SMILES string of the molecule is Cc1cccc(COc2ccc(C(O)=C3C(=O)C(=O)N(c4nnc(SCc5ccccc5Cl)s4)C3c3ccc(C(C)C)cc3)cc2)c1. The molecule has 47 heavy (non-hydrogen) atoms. The molecule has 0 saturated carbocycles. The van der Waals surface area contributed by atoms with E-state index in [9.17, 15) is 14.7 Å². The molecule has 7 nitrogen and oxygen atoms in total. The van der Waals surface area contributed by atoms with Crippen molar-refractivity contribution in [3.63, 3.8) is 0 Å². The first-order valence-corrected chi connectivity index (χ1v) is 17.3. The Bertz CT molecular complexity index is 1960. The number of ether oxygens (including phenoxy) is 1. The highest BCUT2D eigenvalue weighted by atomic mass is 35.5. The molecular weight excluding hydrogens is 650 g/mol. The molecule has 10 heteroatoms. The van der Waals surface area contributed by atoms with Gasteiger partial charge in [0.05, 0.1) is 11.6 Å². The Hall–Kier alpha value is -4.44. The number of nitrogens with zero attached hydrogens (tertiary/aromatic N) is 3. The number of aromatic nitrogens is 2. The number of carbonyl (C=O) groups is 2. The second kappa shape index (κ2) is 14.1. The maximum Gasteiger partial charge on any atom is 0.301 e. The van der Waals surface area contributed by atoms with Gasteiger partial charge in [-0.05, 0) is 65.4 Å². The molecule has 238 valence electrons. The smallest absolute Gasteiger partial charge is 0.301 e. The molecule has 1 aromatic heterocycles. The molecule has 6 rings (SSSR count). The Morgan fingerprint density at radius 1 is 0.979 bits per heavy atom. The molecule has 2 heterocycles. The number of ketones is 1. The first-order valence-electron chi connectivity index (χ1n) is 15.1. The van der Waals surface area contributed by atoms with Gasteiger partial charge in [-0.25, -0.2) is 0 Å². The number of thioether (sulfide) groups is 1. The van der Waals surface area contributed by atoms with Crippen molar-refractivity contribution in [2.24, 2.45) is 0 Å². The van der Waals surface area contributed by atoms with Gasteiger partial charge in [0.15, 0.2) is 4.34 Å². The quantitative estimate of drug-likeness (QED) is 0.0517. The van der Waals surface area contributed by atoms with Crippen molar-refractivity contribution in [1.29, 1.82) is 0 Å². The average molecular weight is 682 g/mol. The van der Waals surface area contributed by atoms with Crippen LogP contribution in [0.3, 0.4) is 0 Å². The fraction of sp³-hybridized carbons (Fsp3) is 0.189.